The van der Waals surface area contributed by atoms with Crippen LogP contribution < -0.4 is 0 Å². The number of esters is 1. The molecular formula is C26H42O3. The van der Waals surface area contributed by atoms with E-state index in [4.69, 9.17) is 9.47 Å². The Bertz CT molecular complexity index is 654. The number of carbonyl (C=O) groups excluding carboxylic acids is 1. The maximum Gasteiger partial charge on any atom is 0.305 e. The Labute approximate surface area is 177 Å². The zero-order chi connectivity index (χ0) is 20.4. The average Bonchev–Trinajstić information content (AvgIpc) is 3.37. The van der Waals surface area contributed by atoms with Crippen molar-refractivity contribution in [3.8, 4) is 0 Å². The molecular weight excluding hydrogens is 360 g/mol. The molecule has 1 spiro atoms. The van der Waals surface area contributed by atoms with E-state index in [1.54, 1.807) is 0 Å². The molecule has 1 saturated heterocycles. The molecule has 0 aromatic rings. The standard InChI is InChI=1S/C26H42O3/c1-17(5-10-23(27)28-4)20-8-9-21-19-7-6-18-15-26(16-29-26)14-13-24(18,2)22(19)11-12-25(20,21)3/h17-22H,5-16H2,1-4H3/t17-,18-,19?,20?,21?,22?,24+,25-,26+/m1/s1. The van der Waals surface area contributed by atoms with Crippen LogP contribution in [0.25, 0.3) is 0 Å². The Morgan fingerprint density at radius 1 is 1.03 bits per heavy atom. The molecule has 1 aliphatic heterocycles. The number of ether oxygens (including phenoxy) is 2. The van der Waals surface area contributed by atoms with Crippen molar-refractivity contribution in [2.75, 3.05) is 13.7 Å². The van der Waals surface area contributed by atoms with Crippen LogP contribution in [0.4, 0.5) is 0 Å². The van der Waals surface area contributed by atoms with Gasteiger partial charge in [0.2, 0.25) is 0 Å². The van der Waals surface area contributed by atoms with E-state index in [1.807, 2.05) is 0 Å². The lowest BCUT2D eigenvalue weighted by Crippen LogP contribution is -2.54. The Hall–Kier alpha value is -0.570. The van der Waals surface area contributed by atoms with Gasteiger partial charge in [0.15, 0.2) is 0 Å². The lowest BCUT2D eigenvalue weighted by atomic mass is 9.44. The fraction of sp³-hybridized carbons (Fsp3) is 0.962. The van der Waals surface area contributed by atoms with E-state index < -0.39 is 0 Å². The molecule has 5 rings (SSSR count). The van der Waals surface area contributed by atoms with Gasteiger partial charge in [-0.15, -0.1) is 0 Å². The van der Waals surface area contributed by atoms with Crippen LogP contribution in [-0.4, -0.2) is 25.3 Å². The van der Waals surface area contributed by atoms with Gasteiger partial charge in [-0.1, -0.05) is 20.8 Å². The summed E-state index contributed by atoms with van der Waals surface area (Å²) in [5, 5.41) is 0. The van der Waals surface area contributed by atoms with Gasteiger partial charge in [0.1, 0.15) is 0 Å². The lowest BCUT2D eigenvalue weighted by molar-refractivity contribution is -0.141. The van der Waals surface area contributed by atoms with Crippen LogP contribution in [-0.2, 0) is 14.3 Å². The van der Waals surface area contributed by atoms with Gasteiger partial charge >= 0.3 is 5.97 Å². The third kappa shape index (κ3) is 3.12. The van der Waals surface area contributed by atoms with Crippen LogP contribution in [0.5, 0.6) is 0 Å². The SMILES string of the molecule is COC(=O)CC[C@@H](C)C1CCC2C3CC[C@@H]4C[C@@]5(CC[C@]4(C)C3CC[C@@]21C)CO5. The molecule has 5 fully saturated rings. The summed E-state index contributed by atoms with van der Waals surface area (Å²) in [5.41, 5.74) is 1.37. The van der Waals surface area contributed by atoms with Crippen molar-refractivity contribution < 1.29 is 14.3 Å². The molecule has 3 heteroatoms. The molecule has 0 bridgehead atoms. The summed E-state index contributed by atoms with van der Waals surface area (Å²) < 4.78 is 10.8. The van der Waals surface area contributed by atoms with Crippen molar-refractivity contribution in [1.29, 1.82) is 0 Å². The lowest BCUT2D eigenvalue weighted by Gasteiger charge is -2.61. The van der Waals surface area contributed by atoms with E-state index >= 15 is 0 Å². The van der Waals surface area contributed by atoms with E-state index in [-0.39, 0.29) is 5.97 Å². The number of carbonyl (C=O) groups is 1. The average molecular weight is 403 g/mol. The Morgan fingerprint density at radius 3 is 2.52 bits per heavy atom. The quantitative estimate of drug-likeness (QED) is 0.427. The Kier molecular flexibility index (Phi) is 4.89. The number of fused-ring (bicyclic) bond motifs is 5. The smallest absolute Gasteiger partial charge is 0.305 e. The molecule has 0 aromatic carbocycles. The van der Waals surface area contributed by atoms with Gasteiger partial charge in [-0.3, -0.25) is 4.79 Å². The molecule has 9 atom stereocenters. The minimum atomic E-state index is -0.0405. The van der Waals surface area contributed by atoms with Crippen molar-refractivity contribution in [2.45, 2.75) is 97.0 Å². The number of epoxide rings is 1. The Morgan fingerprint density at radius 2 is 1.79 bits per heavy atom. The molecule has 29 heavy (non-hydrogen) atoms. The molecule has 3 nitrogen and oxygen atoms in total. The molecule has 0 radical (unpaired) electrons. The first-order valence-electron chi connectivity index (χ1n) is 12.5. The summed E-state index contributed by atoms with van der Waals surface area (Å²) in [6, 6.07) is 0. The van der Waals surface area contributed by atoms with E-state index in [0.717, 1.165) is 42.6 Å². The van der Waals surface area contributed by atoms with Crippen LogP contribution in [0.15, 0.2) is 0 Å². The molecule has 4 unspecified atom stereocenters. The first-order chi connectivity index (χ1) is 13.8. The van der Waals surface area contributed by atoms with Crippen molar-refractivity contribution in [1.82, 2.24) is 0 Å². The fourth-order valence-electron chi connectivity index (χ4n) is 9.30. The van der Waals surface area contributed by atoms with Gasteiger partial charge in [0.05, 0.1) is 19.3 Å². The van der Waals surface area contributed by atoms with E-state index in [9.17, 15) is 4.79 Å². The topological polar surface area (TPSA) is 38.8 Å². The summed E-state index contributed by atoms with van der Waals surface area (Å²) in [7, 11) is 1.51. The second kappa shape index (κ2) is 6.97. The minimum Gasteiger partial charge on any atom is -0.469 e. The summed E-state index contributed by atoms with van der Waals surface area (Å²) in [5.74, 6) is 5.09. The largest absolute Gasteiger partial charge is 0.469 e. The molecule has 4 aliphatic carbocycles. The van der Waals surface area contributed by atoms with Gasteiger partial charge in [-0.05, 0) is 111 Å². The van der Waals surface area contributed by atoms with Gasteiger partial charge in [-0.25, -0.2) is 0 Å². The highest BCUT2D eigenvalue weighted by atomic mass is 16.6. The maximum absolute atomic E-state index is 11.7. The van der Waals surface area contributed by atoms with Crippen molar-refractivity contribution in [2.24, 2.45) is 46.3 Å². The first kappa shape index (κ1) is 20.3. The molecule has 4 saturated carbocycles. The highest BCUT2D eigenvalue weighted by Gasteiger charge is 2.63. The summed E-state index contributed by atoms with van der Waals surface area (Å²) in [6.45, 7) is 8.74. The van der Waals surface area contributed by atoms with Crippen LogP contribution in [0.3, 0.4) is 0 Å². The Balaban J connectivity index is 1.30. The van der Waals surface area contributed by atoms with Crippen LogP contribution >= 0.6 is 0 Å². The predicted octanol–water partition coefficient (Wildman–Crippen LogP) is 6.00. The highest BCUT2D eigenvalue weighted by molar-refractivity contribution is 5.69. The number of rotatable bonds is 4. The van der Waals surface area contributed by atoms with Gasteiger partial charge < -0.3 is 9.47 Å². The van der Waals surface area contributed by atoms with Gasteiger partial charge in [-0.2, -0.15) is 0 Å². The summed E-state index contributed by atoms with van der Waals surface area (Å²) in [4.78, 5) is 11.7. The van der Waals surface area contributed by atoms with Crippen molar-refractivity contribution in [3.63, 3.8) is 0 Å². The monoisotopic (exact) mass is 402 g/mol. The van der Waals surface area contributed by atoms with Crippen molar-refractivity contribution in [3.05, 3.63) is 0 Å². The second-order valence-electron chi connectivity index (χ2n) is 12.2. The highest BCUT2D eigenvalue weighted by Crippen LogP contribution is 2.69. The zero-order valence-electron chi connectivity index (χ0n) is 19.2. The van der Waals surface area contributed by atoms with E-state index in [2.05, 4.69) is 20.8 Å². The first-order valence-corrected chi connectivity index (χ1v) is 12.5. The maximum atomic E-state index is 11.7. The second-order valence-corrected chi connectivity index (χ2v) is 12.2. The fourth-order valence-corrected chi connectivity index (χ4v) is 9.30. The third-order valence-corrected chi connectivity index (χ3v) is 11.1. The minimum absolute atomic E-state index is 0.0405. The van der Waals surface area contributed by atoms with Crippen LogP contribution in [0, 0.1) is 46.3 Å². The van der Waals surface area contributed by atoms with Gasteiger partial charge in [0, 0.05) is 6.42 Å². The molecule has 0 aromatic heterocycles. The number of hydrogen-bond donors (Lipinski definition) is 0. The van der Waals surface area contributed by atoms with E-state index in [0.29, 0.717) is 28.8 Å². The van der Waals surface area contributed by atoms with Crippen LogP contribution in [0.2, 0.25) is 0 Å². The summed E-state index contributed by atoms with van der Waals surface area (Å²) >= 11 is 0. The summed E-state index contributed by atoms with van der Waals surface area (Å²) in [6.07, 6.45) is 14.2. The van der Waals surface area contributed by atoms with E-state index in [1.165, 1.54) is 64.9 Å². The van der Waals surface area contributed by atoms with Crippen molar-refractivity contribution >= 4 is 5.97 Å². The normalized spacial score (nSPS) is 51.7. The molecule has 164 valence electrons. The third-order valence-electron chi connectivity index (χ3n) is 11.1. The number of methoxy groups -OCH3 is 1. The molecule has 0 N–H and O–H groups in total. The zero-order valence-corrected chi connectivity index (χ0v) is 19.2. The van der Waals surface area contributed by atoms with Crippen LogP contribution in [0.1, 0.15) is 91.4 Å². The number of hydrogen-bond acceptors (Lipinski definition) is 3. The molecule has 5 aliphatic rings. The molecule has 0 amide bonds. The van der Waals surface area contributed by atoms with Gasteiger partial charge in [0.25, 0.3) is 0 Å². The molecule has 1 heterocycles. The predicted molar refractivity (Wildman–Crippen MR) is 114 cm³/mol.